The van der Waals surface area contributed by atoms with Crippen molar-refractivity contribution < 1.29 is 14.4 Å². The second-order valence-electron chi connectivity index (χ2n) is 5.86. The molecule has 0 saturated carbocycles. The number of thiophene rings is 1. The smallest absolute Gasteiger partial charge is 0.317 e. The fourth-order valence-electron chi connectivity index (χ4n) is 2.44. The number of nitrogens with two attached hydrogens (primary N) is 2. The summed E-state index contributed by atoms with van der Waals surface area (Å²) < 4.78 is 0. The summed E-state index contributed by atoms with van der Waals surface area (Å²) in [5.41, 5.74) is 12.4. The molecule has 4 amide bonds. The van der Waals surface area contributed by atoms with Crippen LogP contribution in [0.15, 0.2) is 60.7 Å². The lowest BCUT2D eigenvalue weighted by Gasteiger charge is -2.05. The van der Waals surface area contributed by atoms with E-state index in [0.29, 0.717) is 21.7 Å². The van der Waals surface area contributed by atoms with Crippen LogP contribution in [0.3, 0.4) is 0 Å². The SMILES string of the molecule is NC(=O)Nc1sc(C#Cc2cccc(NC(=O)c3ccccc3)c2)cc1C(N)=O. The molecule has 0 bridgehead atoms. The van der Waals surface area contributed by atoms with Gasteiger partial charge in [0.1, 0.15) is 5.00 Å². The number of anilines is 2. The van der Waals surface area contributed by atoms with Crippen molar-refractivity contribution in [2.45, 2.75) is 0 Å². The third kappa shape index (κ3) is 5.22. The van der Waals surface area contributed by atoms with Crippen molar-refractivity contribution in [3.63, 3.8) is 0 Å². The van der Waals surface area contributed by atoms with Crippen LogP contribution < -0.4 is 22.1 Å². The molecule has 3 aromatic rings. The van der Waals surface area contributed by atoms with Gasteiger partial charge in [-0.1, -0.05) is 36.1 Å². The van der Waals surface area contributed by atoms with Crippen LogP contribution in [0.5, 0.6) is 0 Å². The Labute approximate surface area is 170 Å². The van der Waals surface area contributed by atoms with Crippen LogP contribution in [0.1, 0.15) is 31.2 Å². The van der Waals surface area contributed by atoms with Crippen molar-refractivity contribution in [1.82, 2.24) is 0 Å². The lowest BCUT2D eigenvalue weighted by Crippen LogP contribution is -2.21. The monoisotopic (exact) mass is 404 g/mol. The first kappa shape index (κ1) is 19.7. The summed E-state index contributed by atoms with van der Waals surface area (Å²) in [6.07, 6.45) is 0. The van der Waals surface area contributed by atoms with Crippen LogP contribution in [0.4, 0.5) is 15.5 Å². The van der Waals surface area contributed by atoms with E-state index in [1.807, 2.05) is 6.07 Å². The van der Waals surface area contributed by atoms with Gasteiger partial charge in [-0.15, -0.1) is 11.3 Å². The molecule has 6 N–H and O–H groups in total. The summed E-state index contributed by atoms with van der Waals surface area (Å²) in [6, 6.07) is 16.6. The number of carbonyl (C=O) groups is 3. The number of primary amides is 2. The standard InChI is InChI=1S/C21H16N4O3S/c22-18(26)17-12-16(29-20(17)25-21(23)28)10-9-13-5-4-8-15(11-13)24-19(27)14-6-2-1-3-7-14/h1-8,11-12H,(H2,22,26)(H,24,27)(H3,23,25,28). The zero-order chi connectivity index (χ0) is 20.8. The molecule has 8 heteroatoms. The van der Waals surface area contributed by atoms with Gasteiger partial charge in [0.05, 0.1) is 10.4 Å². The minimum Gasteiger partial charge on any atom is -0.366 e. The summed E-state index contributed by atoms with van der Waals surface area (Å²) in [5.74, 6) is 4.97. The molecule has 1 heterocycles. The van der Waals surface area contributed by atoms with Crippen molar-refractivity contribution in [3.05, 3.63) is 82.2 Å². The topological polar surface area (TPSA) is 127 Å². The second kappa shape index (κ2) is 8.73. The minimum absolute atomic E-state index is 0.141. The molecular weight excluding hydrogens is 388 g/mol. The number of hydrogen-bond donors (Lipinski definition) is 4. The summed E-state index contributed by atoms with van der Waals surface area (Å²) in [5, 5.41) is 5.43. The van der Waals surface area contributed by atoms with Crippen LogP contribution in [0, 0.1) is 11.8 Å². The maximum Gasteiger partial charge on any atom is 0.317 e. The molecule has 0 radical (unpaired) electrons. The maximum atomic E-state index is 12.3. The summed E-state index contributed by atoms with van der Waals surface area (Å²) in [4.78, 5) is 35.4. The fraction of sp³-hybridized carbons (Fsp3) is 0. The van der Waals surface area contributed by atoms with Gasteiger partial charge >= 0.3 is 6.03 Å². The molecule has 144 valence electrons. The van der Waals surface area contributed by atoms with Crippen LogP contribution in [-0.2, 0) is 0 Å². The lowest BCUT2D eigenvalue weighted by atomic mass is 10.1. The predicted molar refractivity (Wildman–Crippen MR) is 113 cm³/mol. The molecule has 29 heavy (non-hydrogen) atoms. The Morgan fingerprint density at radius 1 is 0.862 bits per heavy atom. The number of hydrogen-bond acceptors (Lipinski definition) is 4. The van der Waals surface area contributed by atoms with Gasteiger partial charge < -0.3 is 16.8 Å². The number of rotatable bonds is 4. The highest BCUT2D eigenvalue weighted by atomic mass is 32.1. The number of benzene rings is 2. The van der Waals surface area contributed by atoms with E-state index in [1.54, 1.807) is 48.5 Å². The van der Waals surface area contributed by atoms with Gasteiger partial charge in [-0.25, -0.2) is 4.79 Å². The zero-order valence-electron chi connectivity index (χ0n) is 15.1. The van der Waals surface area contributed by atoms with Crippen molar-refractivity contribution in [2.75, 3.05) is 10.6 Å². The Morgan fingerprint density at radius 2 is 1.62 bits per heavy atom. The van der Waals surface area contributed by atoms with Crippen molar-refractivity contribution in [3.8, 4) is 11.8 Å². The lowest BCUT2D eigenvalue weighted by molar-refractivity contribution is 0.0998. The quantitative estimate of drug-likeness (QED) is 0.499. The van der Waals surface area contributed by atoms with E-state index in [-0.39, 0.29) is 16.5 Å². The summed E-state index contributed by atoms with van der Waals surface area (Å²) >= 11 is 1.09. The maximum absolute atomic E-state index is 12.3. The van der Waals surface area contributed by atoms with Gasteiger partial charge in [0.15, 0.2) is 0 Å². The van der Waals surface area contributed by atoms with Crippen molar-refractivity contribution >= 4 is 39.9 Å². The van der Waals surface area contributed by atoms with E-state index in [9.17, 15) is 14.4 Å². The third-order valence-corrected chi connectivity index (χ3v) is 4.69. The first-order valence-electron chi connectivity index (χ1n) is 8.41. The molecule has 0 aliphatic rings. The van der Waals surface area contributed by atoms with Gasteiger partial charge in [0.2, 0.25) is 0 Å². The number of nitrogens with one attached hydrogen (secondary N) is 2. The second-order valence-corrected chi connectivity index (χ2v) is 6.91. The van der Waals surface area contributed by atoms with E-state index in [2.05, 4.69) is 22.5 Å². The van der Waals surface area contributed by atoms with Gasteiger partial charge in [-0.3, -0.25) is 14.9 Å². The van der Waals surface area contributed by atoms with Gasteiger partial charge in [0, 0.05) is 16.8 Å². The molecular formula is C21H16N4O3S. The van der Waals surface area contributed by atoms with Crippen molar-refractivity contribution in [1.29, 1.82) is 0 Å². The van der Waals surface area contributed by atoms with Gasteiger partial charge in [-0.2, -0.15) is 0 Å². The normalized spacial score (nSPS) is 9.79. The average Bonchev–Trinajstić information content (AvgIpc) is 3.09. The molecule has 0 fully saturated rings. The largest absolute Gasteiger partial charge is 0.366 e. The highest BCUT2D eigenvalue weighted by Gasteiger charge is 2.14. The first-order valence-corrected chi connectivity index (χ1v) is 9.22. The Bertz CT molecular complexity index is 1140. The number of urea groups is 1. The fourth-order valence-corrected chi connectivity index (χ4v) is 3.36. The minimum atomic E-state index is -0.796. The van der Waals surface area contributed by atoms with Gasteiger partial charge in [-0.05, 0) is 36.4 Å². The Balaban J connectivity index is 1.79. The van der Waals surface area contributed by atoms with Crippen molar-refractivity contribution in [2.24, 2.45) is 11.5 Å². The molecule has 0 spiro atoms. The molecule has 0 saturated heterocycles. The van der Waals surface area contributed by atoms with E-state index in [1.165, 1.54) is 6.07 Å². The first-order chi connectivity index (χ1) is 13.9. The molecule has 0 unspecified atom stereocenters. The van der Waals surface area contributed by atoms with E-state index in [0.717, 1.165) is 11.3 Å². The summed E-state index contributed by atoms with van der Waals surface area (Å²) in [7, 11) is 0. The number of carbonyl (C=O) groups excluding carboxylic acids is 3. The summed E-state index contributed by atoms with van der Waals surface area (Å²) in [6.45, 7) is 0. The average molecular weight is 404 g/mol. The van der Waals surface area contributed by atoms with Gasteiger partial charge in [0.25, 0.3) is 11.8 Å². The molecule has 0 atom stereocenters. The third-order valence-electron chi connectivity index (χ3n) is 3.72. The van der Waals surface area contributed by atoms with E-state index in [4.69, 9.17) is 11.5 Å². The molecule has 0 aliphatic carbocycles. The Kier molecular flexibility index (Phi) is 5.92. The van der Waals surface area contributed by atoms with Crippen LogP contribution in [0.25, 0.3) is 0 Å². The molecule has 3 rings (SSSR count). The highest BCUT2D eigenvalue weighted by molar-refractivity contribution is 7.17. The van der Waals surface area contributed by atoms with Crippen LogP contribution >= 0.6 is 11.3 Å². The predicted octanol–water partition coefficient (Wildman–Crippen LogP) is 2.99. The molecule has 7 nitrogen and oxygen atoms in total. The molecule has 2 aromatic carbocycles. The van der Waals surface area contributed by atoms with Crippen LogP contribution in [-0.4, -0.2) is 17.8 Å². The zero-order valence-corrected chi connectivity index (χ0v) is 15.9. The van der Waals surface area contributed by atoms with Crippen LogP contribution in [0.2, 0.25) is 0 Å². The Morgan fingerprint density at radius 3 is 2.31 bits per heavy atom. The molecule has 0 aliphatic heterocycles. The van der Waals surface area contributed by atoms with E-state index >= 15 is 0 Å². The Hall–Kier alpha value is -4.09. The van der Waals surface area contributed by atoms with E-state index < -0.39 is 11.9 Å². The molecule has 1 aromatic heterocycles. The highest BCUT2D eigenvalue weighted by Crippen LogP contribution is 2.27. The number of amides is 4.